The number of benzene rings is 2. The van der Waals surface area contributed by atoms with Crippen molar-refractivity contribution in [2.24, 2.45) is 0 Å². The number of carbonyl (C=O) groups is 4. The Labute approximate surface area is 206 Å². The first-order valence-corrected chi connectivity index (χ1v) is 11.7. The number of ether oxygens (including phenoxy) is 2. The van der Waals surface area contributed by atoms with Crippen molar-refractivity contribution >= 4 is 51.5 Å². The SMILES string of the molecule is CCCCCCOc1ccc(Br)cc1/C=C1/C(=O)NC(=O)N(c2ccc(C(=O)OC)cc2)C1=O. The molecule has 0 aromatic heterocycles. The van der Waals surface area contributed by atoms with E-state index in [0.29, 0.717) is 17.9 Å². The van der Waals surface area contributed by atoms with Gasteiger partial charge in [-0.2, -0.15) is 0 Å². The van der Waals surface area contributed by atoms with Crippen LogP contribution in [0.1, 0.15) is 48.5 Å². The third-order valence-electron chi connectivity index (χ3n) is 5.18. The topological polar surface area (TPSA) is 102 Å². The third kappa shape index (κ3) is 5.91. The number of hydrogen-bond donors (Lipinski definition) is 1. The van der Waals surface area contributed by atoms with Crippen LogP contribution in [0.25, 0.3) is 6.08 Å². The predicted molar refractivity (Wildman–Crippen MR) is 131 cm³/mol. The first-order chi connectivity index (χ1) is 16.3. The number of barbiturate groups is 1. The molecule has 1 saturated heterocycles. The number of nitrogens with one attached hydrogen (secondary N) is 1. The Balaban J connectivity index is 1.89. The normalized spacial score (nSPS) is 14.9. The highest BCUT2D eigenvalue weighted by Crippen LogP contribution is 2.28. The number of hydrogen-bond acceptors (Lipinski definition) is 6. The molecule has 4 amide bonds. The lowest BCUT2D eigenvalue weighted by Gasteiger charge is -2.26. The molecule has 1 heterocycles. The minimum atomic E-state index is -0.875. The zero-order valence-corrected chi connectivity index (χ0v) is 20.5. The van der Waals surface area contributed by atoms with E-state index >= 15 is 0 Å². The smallest absolute Gasteiger partial charge is 0.337 e. The molecule has 0 saturated carbocycles. The summed E-state index contributed by atoms with van der Waals surface area (Å²) in [5.41, 5.74) is 0.775. The standard InChI is InChI=1S/C25H25BrN2O6/c1-3-4-5-6-13-34-21-12-9-18(26)14-17(21)15-20-22(29)27-25(32)28(23(20)30)19-10-7-16(8-11-19)24(31)33-2/h7-12,14-15H,3-6,13H2,1-2H3,(H,27,29,32)/b20-15-. The molecule has 1 fully saturated rings. The molecule has 1 aliphatic rings. The number of imide groups is 2. The molecule has 0 bridgehead atoms. The molecule has 0 aliphatic carbocycles. The van der Waals surface area contributed by atoms with Crippen molar-refractivity contribution in [2.75, 3.05) is 18.6 Å². The van der Waals surface area contributed by atoms with E-state index < -0.39 is 23.8 Å². The molecule has 1 N–H and O–H groups in total. The lowest BCUT2D eigenvalue weighted by atomic mass is 10.1. The monoisotopic (exact) mass is 528 g/mol. The Kier molecular flexibility index (Phi) is 8.59. The van der Waals surface area contributed by atoms with Gasteiger partial charge >= 0.3 is 12.0 Å². The number of methoxy groups -OCH3 is 1. The zero-order valence-electron chi connectivity index (χ0n) is 18.9. The van der Waals surface area contributed by atoms with Gasteiger partial charge in [0.2, 0.25) is 0 Å². The van der Waals surface area contributed by atoms with E-state index in [2.05, 4.69) is 32.9 Å². The van der Waals surface area contributed by atoms with Crippen molar-refractivity contribution < 1.29 is 28.7 Å². The molecule has 0 radical (unpaired) electrons. The number of halogens is 1. The molecule has 8 nitrogen and oxygen atoms in total. The van der Waals surface area contributed by atoms with Gasteiger partial charge in [0, 0.05) is 10.0 Å². The van der Waals surface area contributed by atoms with Crippen molar-refractivity contribution in [2.45, 2.75) is 32.6 Å². The maximum Gasteiger partial charge on any atom is 0.337 e. The largest absolute Gasteiger partial charge is 0.493 e. The van der Waals surface area contributed by atoms with Crippen LogP contribution in [0.15, 0.2) is 52.5 Å². The minimum Gasteiger partial charge on any atom is -0.493 e. The van der Waals surface area contributed by atoms with Crippen molar-refractivity contribution in [3.05, 3.63) is 63.6 Å². The molecule has 9 heteroatoms. The lowest BCUT2D eigenvalue weighted by Crippen LogP contribution is -2.54. The van der Waals surface area contributed by atoms with E-state index in [4.69, 9.17) is 4.74 Å². The molecule has 1 aliphatic heterocycles. The molecule has 178 valence electrons. The van der Waals surface area contributed by atoms with E-state index in [-0.39, 0.29) is 16.8 Å². The van der Waals surface area contributed by atoms with Crippen LogP contribution in [0.2, 0.25) is 0 Å². The van der Waals surface area contributed by atoms with Crippen LogP contribution in [-0.2, 0) is 14.3 Å². The highest BCUT2D eigenvalue weighted by Gasteiger charge is 2.37. The summed E-state index contributed by atoms with van der Waals surface area (Å²) in [6.45, 7) is 2.64. The summed E-state index contributed by atoms with van der Waals surface area (Å²) in [5, 5.41) is 2.19. The number of unbranched alkanes of at least 4 members (excludes halogenated alkanes) is 3. The number of rotatable bonds is 9. The summed E-state index contributed by atoms with van der Waals surface area (Å²) < 4.78 is 11.3. The highest BCUT2D eigenvalue weighted by molar-refractivity contribution is 9.10. The van der Waals surface area contributed by atoms with Crippen LogP contribution in [0.4, 0.5) is 10.5 Å². The lowest BCUT2D eigenvalue weighted by molar-refractivity contribution is -0.122. The van der Waals surface area contributed by atoms with Crippen LogP contribution in [0.5, 0.6) is 5.75 Å². The molecular formula is C25H25BrN2O6. The van der Waals surface area contributed by atoms with Gasteiger partial charge in [0.25, 0.3) is 11.8 Å². The van der Waals surface area contributed by atoms with Crippen LogP contribution in [0.3, 0.4) is 0 Å². The Bertz CT molecular complexity index is 1130. The average molecular weight is 529 g/mol. The second kappa shape index (κ2) is 11.6. The predicted octanol–water partition coefficient (Wildman–Crippen LogP) is 4.86. The second-order valence-electron chi connectivity index (χ2n) is 7.59. The minimum absolute atomic E-state index is 0.204. The summed E-state index contributed by atoms with van der Waals surface area (Å²) in [7, 11) is 1.26. The van der Waals surface area contributed by atoms with Gasteiger partial charge in [-0.05, 0) is 55.0 Å². The first-order valence-electron chi connectivity index (χ1n) is 10.9. The van der Waals surface area contributed by atoms with E-state index in [9.17, 15) is 19.2 Å². The number of carbonyl (C=O) groups excluding carboxylic acids is 4. The molecular weight excluding hydrogens is 504 g/mol. The Morgan fingerprint density at radius 2 is 1.79 bits per heavy atom. The Morgan fingerprint density at radius 1 is 1.06 bits per heavy atom. The summed E-state index contributed by atoms with van der Waals surface area (Å²) in [6, 6.07) is 10.2. The summed E-state index contributed by atoms with van der Waals surface area (Å²) in [6.07, 6.45) is 5.60. The number of amides is 4. The summed E-state index contributed by atoms with van der Waals surface area (Å²) in [4.78, 5) is 50.7. The molecule has 2 aromatic carbocycles. The van der Waals surface area contributed by atoms with Gasteiger partial charge in [0.05, 0.1) is 25.0 Å². The second-order valence-corrected chi connectivity index (χ2v) is 8.50. The zero-order chi connectivity index (χ0) is 24.7. The fourth-order valence-corrected chi connectivity index (χ4v) is 3.77. The molecule has 0 unspecified atom stereocenters. The van der Waals surface area contributed by atoms with Gasteiger partial charge in [-0.15, -0.1) is 0 Å². The molecule has 2 aromatic rings. The van der Waals surface area contributed by atoms with Crippen molar-refractivity contribution in [3.8, 4) is 5.75 Å². The van der Waals surface area contributed by atoms with Gasteiger partial charge in [0.15, 0.2) is 0 Å². The number of nitrogens with zero attached hydrogens (tertiary/aromatic N) is 1. The van der Waals surface area contributed by atoms with Gasteiger partial charge < -0.3 is 9.47 Å². The van der Waals surface area contributed by atoms with E-state index in [1.165, 1.54) is 37.5 Å². The van der Waals surface area contributed by atoms with Crippen molar-refractivity contribution in [3.63, 3.8) is 0 Å². The fraction of sp³-hybridized carbons (Fsp3) is 0.280. The number of urea groups is 1. The van der Waals surface area contributed by atoms with Crippen LogP contribution >= 0.6 is 15.9 Å². The average Bonchev–Trinajstić information content (AvgIpc) is 2.82. The maximum atomic E-state index is 13.2. The van der Waals surface area contributed by atoms with Crippen LogP contribution in [-0.4, -0.2) is 37.5 Å². The van der Waals surface area contributed by atoms with Gasteiger partial charge in [0.1, 0.15) is 11.3 Å². The van der Waals surface area contributed by atoms with Gasteiger partial charge in [-0.1, -0.05) is 42.1 Å². The fourth-order valence-electron chi connectivity index (χ4n) is 3.39. The molecule has 3 rings (SSSR count). The van der Waals surface area contributed by atoms with Gasteiger partial charge in [-0.25, -0.2) is 14.5 Å². The van der Waals surface area contributed by atoms with Crippen molar-refractivity contribution in [1.82, 2.24) is 5.32 Å². The van der Waals surface area contributed by atoms with Crippen LogP contribution in [0, 0.1) is 0 Å². The van der Waals surface area contributed by atoms with E-state index in [1.807, 2.05) is 6.07 Å². The van der Waals surface area contributed by atoms with E-state index in [1.54, 1.807) is 12.1 Å². The highest BCUT2D eigenvalue weighted by atomic mass is 79.9. The Morgan fingerprint density at radius 3 is 2.47 bits per heavy atom. The Hall–Kier alpha value is -3.46. The molecule has 34 heavy (non-hydrogen) atoms. The van der Waals surface area contributed by atoms with E-state index in [0.717, 1.165) is 35.1 Å². The maximum absolute atomic E-state index is 13.2. The third-order valence-corrected chi connectivity index (χ3v) is 5.67. The summed E-state index contributed by atoms with van der Waals surface area (Å²) >= 11 is 3.40. The summed E-state index contributed by atoms with van der Waals surface area (Å²) in [5.74, 6) is -1.60. The molecule has 0 atom stereocenters. The van der Waals surface area contributed by atoms with Crippen molar-refractivity contribution in [1.29, 1.82) is 0 Å². The van der Waals surface area contributed by atoms with Crippen LogP contribution < -0.4 is 15.0 Å². The molecule has 0 spiro atoms. The van der Waals surface area contributed by atoms with Gasteiger partial charge in [-0.3, -0.25) is 14.9 Å². The first kappa shape index (κ1) is 25.2. The quantitative estimate of drug-likeness (QED) is 0.216. The number of esters is 1. The number of anilines is 1.